The van der Waals surface area contributed by atoms with Gasteiger partial charge in [-0.1, -0.05) is 71.9 Å². The molecule has 0 saturated heterocycles. The second kappa shape index (κ2) is 6.37. The van der Waals surface area contributed by atoms with Gasteiger partial charge in [-0.2, -0.15) is 0 Å². The quantitative estimate of drug-likeness (QED) is 0.262. The minimum Gasteiger partial charge on any atom is -0.456 e. The second-order valence-corrected chi connectivity index (χ2v) is 12.0. The largest absolute Gasteiger partial charge is 0.456 e. The molecule has 6 aromatic rings. The highest BCUT2D eigenvalue weighted by atomic mass is 16.3. The number of fused-ring (bicyclic) bond motifs is 7. The molecule has 0 fully saturated rings. The number of rotatable bonds is 1. The van der Waals surface area contributed by atoms with Gasteiger partial charge in [-0.3, -0.25) is 0 Å². The third kappa shape index (κ3) is 2.50. The van der Waals surface area contributed by atoms with Gasteiger partial charge in [0.05, 0.1) is 0 Å². The molecule has 4 aromatic carbocycles. The number of aromatic amines is 1. The van der Waals surface area contributed by atoms with E-state index in [1.165, 1.54) is 54.8 Å². The van der Waals surface area contributed by atoms with Crippen molar-refractivity contribution in [1.82, 2.24) is 4.98 Å². The van der Waals surface area contributed by atoms with Crippen LogP contribution in [0.4, 0.5) is 0 Å². The molecule has 0 radical (unpaired) electrons. The lowest BCUT2D eigenvalue weighted by Crippen LogP contribution is -2.42. The van der Waals surface area contributed by atoms with Crippen LogP contribution >= 0.6 is 0 Å². The molecule has 2 heteroatoms. The van der Waals surface area contributed by atoms with Crippen LogP contribution in [-0.2, 0) is 10.8 Å². The summed E-state index contributed by atoms with van der Waals surface area (Å²) in [7, 11) is 0. The van der Waals surface area contributed by atoms with E-state index in [9.17, 15) is 0 Å². The SMILES string of the molecule is CC1(C)c2cc3[nH]c4ccc(-c5ccc6c(c5)oc5ccccc56)cc4c3cc2C(C)(C)C1(C)C. The molecule has 174 valence electrons. The first kappa shape index (κ1) is 20.8. The summed E-state index contributed by atoms with van der Waals surface area (Å²) < 4.78 is 6.16. The van der Waals surface area contributed by atoms with Crippen LogP contribution < -0.4 is 0 Å². The van der Waals surface area contributed by atoms with Gasteiger partial charge in [-0.25, -0.2) is 0 Å². The van der Waals surface area contributed by atoms with Crippen LogP contribution in [0.3, 0.4) is 0 Å². The number of furan rings is 1. The fourth-order valence-electron chi connectivity index (χ4n) is 6.52. The Balaban J connectivity index is 1.43. The molecule has 1 aliphatic rings. The number of hydrogen-bond donors (Lipinski definition) is 1. The fourth-order valence-corrected chi connectivity index (χ4v) is 6.52. The highest BCUT2D eigenvalue weighted by Crippen LogP contribution is 2.62. The average molecular weight is 458 g/mol. The van der Waals surface area contributed by atoms with Crippen molar-refractivity contribution in [3.63, 3.8) is 0 Å². The zero-order valence-electron chi connectivity index (χ0n) is 21.3. The minimum absolute atomic E-state index is 0.0908. The number of H-pyrrole nitrogens is 1. The van der Waals surface area contributed by atoms with E-state index in [2.05, 4.69) is 107 Å². The van der Waals surface area contributed by atoms with Gasteiger partial charge in [0, 0.05) is 32.6 Å². The predicted octanol–water partition coefficient (Wildman–Crippen LogP) is 9.48. The highest BCUT2D eigenvalue weighted by molar-refractivity contribution is 6.10. The van der Waals surface area contributed by atoms with E-state index in [1.54, 1.807) is 0 Å². The van der Waals surface area contributed by atoms with Crippen molar-refractivity contribution in [1.29, 1.82) is 0 Å². The van der Waals surface area contributed by atoms with Crippen molar-refractivity contribution < 1.29 is 4.42 Å². The monoisotopic (exact) mass is 457 g/mol. The van der Waals surface area contributed by atoms with Crippen LogP contribution in [0.2, 0.25) is 0 Å². The average Bonchev–Trinajstić information content (AvgIpc) is 3.41. The first-order valence-corrected chi connectivity index (χ1v) is 12.6. The van der Waals surface area contributed by atoms with Gasteiger partial charge >= 0.3 is 0 Å². The molecule has 1 N–H and O–H groups in total. The van der Waals surface area contributed by atoms with Crippen molar-refractivity contribution in [2.45, 2.75) is 52.4 Å². The van der Waals surface area contributed by atoms with E-state index in [0.717, 1.165) is 11.2 Å². The van der Waals surface area contributed by atoms with Gasteiger partial charge < -0.3 is 9.40 Å². The minimum atomic E-state index is 0.0908. The fraction of sp³-hybridized carbons (Fsp3) is 0.273. The summed E-state index contributed by atoms with van der Waals surface area (Å²) in [6.45, 7) is 14.5. The van der Waals surface area contributed by atoms with Crippen molar-refractivity contribution in [2.75, 3.05) is 0 Å². The summed E-state index contributed by atoms with van der Waals surface area (Å²) in [5.74, 6) is 0. The predicted molar refractivity (Wildman–Crippen MR) is 148 cm³/mol. The van der Waals surface area contributed by atoms with Gasteiger partial charge in [0.1, 0.15) is 11.2 Å². The summed E-state index contributed by atoms with van der Waals surface area (Å²) in [5.41, 5.74) is 9.98. The van der Waals surface area contributed by atoms with E-state index in [0.29, 0.717) is 0 Å². The van der Waals surface area contributed by atoms with Gasteiger partial charge in [0.2, 0.25) is 0 Å². The summed E-state index contributed by atoms with van der Waals surface area (Å²) in [4.78, 5) is 3.71. The summed E-state index contributed by atoms with van der Waals surface area (Å²) >= 11 is 0. The Morgan fingerprint density at radius 3 is 1.97 bits per heavy atom. The first-order valence-electron chi connectivity index (χ1n) is 12.6. The number of benzene rings is 4. The molecule has 7 rings (SSSR count). The third-order valence-corrected chi connectivity index (χ3v) is 9.92. The molecule has 2 nitrogen and oxygen atoms in total. The highest BCUT2D eigenvalue weighted by Gasteiger charge is 2.56. The van der Waals surface area contributed by atoms with Crippen molar-refractivity contribution in [3.05, 3.63) is 83.9 Å². The second-order valence-electron chi connectivity index (χ2n) is 12.0. The summed E-state index contributed by atoms with van der Waals surface area (Å²) in [6.07, 6.45) is 0. The van der Waals surface area contributed by atoms with Gasteiger partial charge in [0.15, 0.2) is 0 Å². The normalized spacial score (nSPS) is 18.1. The van der Waals surface area contributed by atoms with E-state index in [4.69, 9.17) is 4.42 Å². The third-order valence-electron chi connectivity index (χ3n) is 9.92. The van der Waals surface area contributed by atoms with Crippen LogP contribution in [0.5, 0.6) is 0 Å². The molecule has 2 aromatic heterocycles. The molecular weight excluding hydrogens is 426 g/mol. The van der Waals surface area contributed by atoms with Crippen LogP contribution in [0.1, 0.15) is 52.7 Å². The number of para-hydroxylation sites is 1. The smallest absolute Gasteiger partial charge is 0.136 e. The van der Waals surface area contributed by atoms with Gasteiger partial charge in [0.25, 0.3) is 0 Å². The molecule has 1 aliphatic carbocycles. The van der Waals surface area contributed by atoms with Crippen LogP contribution in [0.25, 0.3) is 54.9 Å². The lowest BCUT2D eigenvalue weighted by molar-refractivity contribution is 0.125. The maximum atomic E-state index is 6.16. The maximum absolute atomic E-state index is 6.16. The van der Waals surface area contributed by atoms with Crippen LogP contribution in [0, 0.1) is 5.41 Å². The zero-order valence-corrected chi connectivity index (χ0v) is 21.3. The molecule has 0 spiro atoms. The lowest BCUT2D eigenvalue weighted by Gasteiger charge is -2.44. The van der Waals surface area contributed by atoms with Crippen molar-refractivity contribution in [3.8, 4) is 11.1 Å². The van der Waals surface area contributed by atoms with E-state index in [1.807, 2.05) is 12.1 Å². The molecule has 0 amide bonds. The van der Waals surface area contributed by atoms with E-state index >= 15 is 0 Å². The lowest BCUT2D eigenvalue weighted by atomic mass is 9.59. The Labute approximate surface area is 205 Å². The Hall–Kier alpha value is -3.52. The summed E-state index contributed by atoms with van der Waals surface area (Å²) in [6, 6.07) is 26.5. The molecule has 2 heterocycles. The zero-order chi connectivity index (χ0) is 24.3. The number of hydrogen-bond acceptors (Lipinski definition) is 1. The molecule has 35 heavy (non-hydrogen) atoms. The Morgan fingerprint density at radius 1 is 0.543 bits per heavy atom. The molecule has 0 saturated carbocycles. The standard InChI is InChI=1S/C33H31NO/c1-31(2)25-17-24-23-15-19(20-11-13-22-21-9-7-8-10-29(21)35-30(22)16-20)12-14-27(23)34-28(24)18-26(25)32(3,4)33(31,5)6/h7-18,34H,1-6H3. The van der Waals surface area contributed by atoms with E-state index in [-0.39, 0.29) is 16.2 Å². The van der Waals surface area contributed by atoms with E-state index < -0.39 is 0 Å². The molecule has 0 aliphatic heterocycles. The Morgan fingerprint density at radius 2 is 1.17 bits per heavy atom. The molecule has 0 atom stereocenters. The van der Waals surface area contributed by atoms with Gasteiger partial charge in [-0.05, 0) is 81.0 Å². The van der Waals surface area contributed by atoms with Crippen LogP contribution in [-0.4, -0.2) is 4.98 Å². The summed E-state index contributed by atoms with van der Waals surface area (Å²) in [5, 5.41) is 4.93. The molecule has 0 bridgehead atoms. The maximum Gasteiger partial charge on any atom is 0.136 e. The Bertz CT molecular complexity index is 1820. The van der Waals surface area contributed by atoms with Crippen LogP contribution in [0.15, 0.2) is 77.2 Å². The van der Waals surface area contributed by atoms with Crippen molar-refractivity contribution in [2.24, 2.45) is 5.41 Å². The topological polar surface area (TPSA) is 28.9 Å². The molecule has 0 unspecified atom stereocenters. The first-order chi connectivity index (χ1) is 16.6. The van der Waals surface area contributed by atoms with Crippen molar-refractivity contribution >= 4 is 43.7 Å². The molecular formula is C33H31NO. The number of aromatic nitrogens is 1. The number of nitrogens with one attached hydrogen (secondary N) is 1. The Kier molecular flexibility index (Phi) is 3.79. The van der Waals surface area contributed by atoms with Gasteiger partial charge in [-0.15, -0.1) is 0 Å².